The van der Waals surface area contributed by atoms with Crippen molar-refractivity contribution in [2.75, 3.05) is 11.9 Å². The van der Waals surface area contributed by atoms with Crippen LogP contribution in [-0.2, 0) is 11.3 Å². The molecule has 3 N–H and O–H groups in total. The Morgan fingerprint density at radius 1 is 1.10 bits per heavy atom. The molecule has 0 heterocycles. The molecule has 2 aromatic carbocycles. The quantitative estimate of drug-likeness (QED) is 0.763. The van der Waals surface area contributed by atoms with Crippen LogP contribution >= 0.6 is 0 Å². The van der Waals surface area contributed by atoms with Crippen LogP contribution in [0.25, 0.3) is 0 Å². The fourth-order valence-corrected chi connectivity index (χ4v) is 2.06. The van der Waals surface area contributed by atoms with E-state index < -0.39 is 6.10 Å². The van der Waals surface area contributed by atoms with E-state index in [1.165, 1.54) is 12.5 Å². The van der Waals surface area contributed by atoms with Crippen molar-refractivity contribution in [3.05, 3.63) is 65.7 Å². The number of hydrogen-bond donors (Lipinski definition) is 3. The lowest BCUT2D eigenvalue weighted by molar-refractivity contribution is -0.114. The summed E-state index contributed by atoms with van der Waals surface area (Å²) in [5.74, 6) is -0.104. The molecule has 0 aliphatic rings. The fourth-order valence-electron chi connectivity index (χ4n) is 2.06. The van der Waals surface area contributed by atoms with Crippen molar-refractivity contribution >= 4 is 11.6 Å². The van der Waals surface area contributed by atoms with Crippen molar-refractivity contribution in [3.8, 4) is 0 Å². The largest absolute Gasteiger partial charge is 0.387 e. The number of anilines is 1. The van der Waals surface area contributed by atoms with Gasteiger partial charge in [-0.2, -0.15) is 0 Å². The molecule has 1 unspecified atom stereocenters. The molecule has 110 valence electrons. The van der Waals surface area contributed by atoms with Crippen LogP contribution in [0.4, 0.5) is 5.69 Å². The van der Waals surface area contributed by atoms with E-state index in [-0.39, 0.29) is 5.91 Å². The summed E-state index contributed by atoms with van der Waals surface area (Å²) in [6, 6.07) is 17.3. The van der Waals surface area contributed by atoms with E-state index in [1.807, 2.05) is 42.5 Å². The standard InChI is InChI=1S/C17H20N2O2/c1-13(20)19-16-9-7-15(8-10-16)17(21)12-18-11-14-5-3-2-4-6-14/h2-10,17-18,21H,11-12H2,1H3,(H,19,20). The third-order valence-electron chi connectivity index (χ3n) is 3.13. The average molecular weight is 284 g/mol. The summed E-state index contributed by atoms with van der Waals surface area (Å²) >= 11 is 0. The summed E-state index contributed by atoms with van der Waals surface area (Å²) < 4.78 is 0. The number of benzene rings is 2. The van der Waals surface area contributed by atoms with Crippen LogP contribution in [0.5, 0.6) is 0 Å². The molecule has 1 amide bonds. The van der Waals surface area contributed by atoms with Gasteiger partial charge in [-0.1, -0.05) is 42.5 Å². The van der Waals surface area contributed by atoms with Gasteiger partial charge in [-0.05, 0) is 23.3 Å². The molecule has 0 spiro atoms. The molecule has 1 atom stereocenters. The molecule has 0 aliphatic heterocycles. The highest BCUT2D eigenvalue weighted by Crippen LogP contribution is 2.16. The lowest BCUT2D eigenvalue weighted by Gasteiger charge is -2.13. The number of carbonyl (C=O) groups excluding carboxylic acids is 1. The Morgan fingerprint density at radius 3 is 2.38 bits per heavy atom. The van der Waals surface area contributed by atoms with Gasteiger partial charge in [-0.15, -0.1) is 0 Å². The number of hydrogen-bond acceptors (Lipinski definition) is 3. The molecule has 4 heteroatoms. The third kappa shape index (κ3) is 5.02. The maximum Gasteiger partial charge on any atom is 0.221 e. The zero-order valence-electron chi connectivity index (χ0n) is 12.0. The molecule has 21 heavy (non-hydrogen) atoms. The van der Waals surface area contributed by atoms with Gasteiger partial charge in [0.2, 0.25) is 5.91 Å². The number of nitrogens with one attached hydrogen (secondary N) is 2. The molecule has 2 aromatic rings. The van der Waals surface area contributed by atoms with Crippen LogP contribution in [0.3, 0.4) is 0 Å². The summed E-state index contributed by atoms with van der Waals surface area (Å²) in [6.07, 6.45) is -0.569. The second-order valence-corrected chi connectivity index (χ2v) is 4.94. The van der Waals surface area contributed by atoms with Crippen molar-refractivity contribution in [2.45, 2.75) is 19.6 Å². The minimum atomic E-state index is -0.569. The zero-order valence-corrected chi connectivity index (χ0v) is 12.0. The van der Waals surface area contributed by atoms with E-state index in [4.69, 9.17) is 0 Å². The van der Waals surface area contributed by atoms with Crippen LogP contribution < -0.4 is 10.6 Å². The Morgan fingerprint density at radius 2 is 1.76 bits per heavy atom. The van der Waals surface area contributed by atoms with Gasteiger partial charge in [-0.25, -0.2) is 0 Å². The SMILES string of the molecule is CC(=O)Nc1ccc(C(O)CNCc2ccccc2)cc1. The molecule has 0 saturated carbocycles. The van der Waals surface area contributed by atoms with Gasteiger partial charge < -0.3 is 15.7 Å². The summed E-state index contributed by atoms with van der Waals surface area (Å²) in [5, 5.41) is 16.0. The van der Waals surface area contributed by atoms with Gasteiger partial charge in [0.15, 0.2) is 0 Å². The summed E-state index contributed by atoms with van der Waals surface area (Å²) in [7, 11) is 0. The first-order chi connectivity index (χ1) is 10.1. The Bertz CT molecular complexity index is 567. The Hall–Kier alpha value is -2.17. The highest BCUT2D eigenvalue weighted by atomic mass is 16.3. The molecule has 0 bridgehead atoms. The highest BCUT2D eigenvalue weighted by Gasteiger charge is 2.07. The predicted molar refractivity (Wildman–Crippen MR) is 83.9 cm³/mol. The average Bonchev–Trinajstić information content (AvgIpc) is 2.48. The first-order valence-corrected chi connectivity index (χ1v) is 6.95. The molecular formula is C17H20N2O2. The first kappa shape index (κ1) is 15.2. The van der Waals surface area contributed by atoms with Crippen molar-refractivity contribution in [3.63, 3.8) is 0 Å². The number of aliphatic hydroxyl groups is 1. The minimum Gasteiger partial charge on any atom is -0.387 e. The number of aliphatic hydroxyl groups excluding tert-OH is 1. The van der Waals surface area contributed by atoms with Crippen LogP contribution in [0.15, 0.2) is 54.6 Å². The third-order valence-corrected chi connectivity index (χ3v) is 3.13. The van der Waals surface area contributed by atoms with Gasteiger partial charge in [0, 0.05) is 25.7 Å². The maximum atomic E-state index is 10.9. The van der Waals surface area contributed by atoms with Crippen LogP contribution in [-0.4, -0.2) is 17.6 Å². The lowest BCUT2D eigenvalue weighted by Crippen LogP contribution is -2.21. The molecule has 4 nitrogen and oxygen atoms in total. The zero-order chi connectivity index (χ0) is 15.1. The monoisotopic (exact) mass is 284 g/mol. The number of carbonyl (C=O) groups is 1. The van der Waals surface area contributed by atoms with Crippen molar-refractivity contribution in [2.24, 2.45) is 0 Å². The van der Waals surface area contributed by atoms with E-state index in [0.717, 1.165) is 17.8 Å². The normalized spacial score (nSPS) is 11.9. The Labute approximate surface area is 124 Å². The van der Waals surface area contributed by atoms with Crippen molar-refractivity contribution in [1.29, 1.82) is 0 Å². The highest BCUT2D eigenvalue weighted by molar-refractivity contribution is 5.88. The molecule has 0 aromatic heterocycles. The van der Waals surface area contributed by atoms with E-state index >= 15 is 0 Å². The van der Waals surface area contributed by atoms with E-state index in [1.54, 1.807) is 12.1 Å². The molecular weight excluding hydrogens is 264 g/mol. The van der Waals surface area contributed by atoms with Crippen LogP contribution in [0.2, 0.25) is 0 Å². The van der Waals surface area contributed by atoms with Gasteiger partial charge in [0.25, 0.3) is 0 Å². The van der Waals surface area contributed by atoms with Gasteiger partial charge in [0.05, 0.1) is 6.10 Å². The van der Waals surface area contributed by atoms with Crippen LogP contribution in [0, 0.1) is 0 Å². The summed E-state index contributed by atoms with van der Waals surface area (Å²) in [6.45, 7) is 2.67. The molecule has 0 fully saturated rings. The molecule has 0 saturated heterocycles. The van der Waals surface area contributed by atoms with E-state index in [9.17, 15) is 9.90 Å². The second-order valence-electron chi connectivity index (χ2n) is 4.94. The van der Waals surface area contributed by atoms with Crippen molar-refractivity contribution < 1.29 is 9.90 Å². The lowest BCUT2D eigenvalue weighted by atomic mass is 10.1. The molecule has 0 aliphatic carbocycles. The summed E-state index contributed by atoms with van der Waals surface area (Å²) in [5.41, 5.74) is 2.74. The number of amides is 1. The smallest absolute Gasteiger partial charge is 0.221 e. The van der Waals surface area contributed by atoms with Gasteiger partial charge in [-0.3, -0.25) is 4.79 Å². The predicted octanol–water partition coefficient (Wildman–Crippen LogP) is 2.47. The Balaban J connectivity index is 1.82. The minimum absolute atomic E-state index is 0.104. The van der Waals surface area contributed by atoms with Gasteiger partial charge >= 0.3 is 0 Å². The summed E-state index contributed by atoms with van der Waals surface area (Å²) in [4.78, 5) is 10.9. The topological polar surface area (TPSA) is 61.4 Å². The van der Waals surface area contributed by atoms with Gasteiger partial charge in [0.1, 0.15) is 0 Å². The maximum absolute atomic E-state index is 10.9. The fraction of sp³-hybridized carbons (Fsp3) is 0.235. The molecule has 0 radical (unpaired) electrons. The van der Waals surface area contributed by atoms with Crippen molar-refractivity contribution in [1.82, 2.24) is 5.32 Å². The first-order valence-electron chi connectivity index (χ1n) is 6.95. The second kappa shape index (κ2) is 7.57. The van der Waals surface area contributed by atoms with E-state index in [0.29, 0.717) is 6.54 Å². The Kier molecular flexibility index (Phi) is 5.49. The molecule has 2 rings (SSSR count). The van der Waals surface area contributed by atoms with E-state index in [2.05, 4.69) is 10.6 Å². The number of rotatable bonds is 6. The van der Waals surface area contributed by atoms with Crippen LogP contribution in [0.1, 0.15) is 24.2 Å².